The maximum Gasteiger partial charge on any atom is 0.129 e. The van der Waals surface area contributed by atoms with E-state index in [0.717, 1.165) is 0 Å². The summed E-state index contributed by atoms with van der Waals surface area (Å²) in [7, 11) is 0. The van der Waals surface area contributed by atoms with Crippen molar-refractivity contribution in [2.24, 2.45) is 0 Å². The summed E-state index contributed by atoms with van der Waals surface area (Å²) in [5, 5.41) is 28.7. The maximum atomic E-state index is 10.8. The third-order valence-electron chi connectivity index (χ3n) is 3.04. The molecule has 0 unspecified atom stereocenters. The van der Waals surface area contributed by atoms with Gasteiger partial charge >= 0.3 is 0 Å². The molecule has 3 atom stereocenters. The molecule has 0 bridgehead atoms. The molecule has 0 rings (SSSR count). The molecule has 0 saturated heterocycles. The molecule has 4 nitrogen and oxygen atoms in total. The molecule has 22 heavy (non-hydrogen) atoms. The summed E-state index contributed by atoms with van der Waals surface area (Å²) in [5.41, 5.74) is 0. The van der Waals surface area contributed by atoms with E-state index in [1.165, 1.54) is 13.0 Å². The lowest BCUT2D eigenvalue weighted by atomic mass is 10.1. The van der Waals surface area contributed by atoms with Crippen molar-refractivity contribution >= 4 is 5.78 Å². The first kappa shape index (κ1) is 20.5. The lowest BCUT2D eigenvalue weighted by Crippen LogP contribution is -2.23. The third kappa shape index (κ3) is 12.3. The van der Waals surface area contributed by atoms with E-state index in [2.05, 4.69) is 0 Å². The fourth-order valence-corrected chi connectivity index (χ4v) is 1.62. The second-order valence-corrected chi connectivity index (χ2v) is 5.17. The fourth-order valence-electron chi connectivity index (χ4n) is 1.62. The van der Waals surface area contributed by atoms with Crippen LogP contribution in [-0.2, 0) is 4.79 Å². The summed E-state index contributed by atoms with van der Waals surface area (Å²) >= 11 is 0. The molecule has 124 valence electrons. The van der Waals surface area contributed by atoms with Crippen LogP contribution < -0.4 is 0 Å². The van der Waals surface area contributed by atoms with E-state index in [4.69, 9.17) is 0 Å². The monoisotopic (exact) mass is 308 g/mol. The van der Waals surface area contributed by atoms with Crippen molar-refractivity contribution in [1.29, 1.82) is 0 Å². The van der Waals surface area contributed by atoms with Crippen LogP contribution in [0.25, 0.3) is 0 Å². The van der Waals surface area contributed by atoms with E-state index in [0.29, 0.717) is 25.7 Å². The Morgan fingerprint density at radius 3 is 2.05 bits per heavy atom. The van der Waals surface area contributed by atoms with Gasteiger partial charge in [-0.05, 0) is 26.2 Å². The van der Waals surface area contributed by atoms with Crippen molar-refractivity contribution in [2.45, 2.75) is 57.8 Å². The number of aliphatic hydroxyl groups is 3. The Morgan fingerprint density at radius 1 is 0.955 bits per heavy atom. The average Bonchev–Trinajstić information content (AvgIpc) is 2.48. The van der Waals surface area contributed by atoms with Crippen LogP contribution >= 0.6 is 0 Å². The number of carbonyl (C=O) groups excluding carboxylic acids is 1. The summed E-state index contributed by atoms with van der Waals surface area (Å²) < 4.78 is 0. The third-order valence-corrected chi connectivity index (χ3v) is 3.04. The Morgan fingerprint density at radius 2 is 1.50 bits per heavy atom. The van der Waals surface area contributed by atoms with Crippen LogP contribution in [0.2, 0.25) is 0 Å². The molecule has 0 fully saturated rings. The first-order valence-electron chi connectivity index (χ1n) is 7.69. The predicted molar refractivity (Wildman–Crippen MR) is 89.4 cm³/mol. The highest BCUT2D eigenvalue weighted by Gasteiger charge is 2.12. The molecular formula is C18H28O4. The highest BCUT2D eigenvalue weighted by molar-refractivity contribution is 5.75. The zero-order chi connectivity index (χ0) is 16.8. The molecule has 0 aliphatic heterocycles. The van der Waals surface area contributed by atoms with E-state index in [1.807, 2.05) is 6.92 Å². The molecule has 0 radical (unpaired) electrons. The smallest absolute Gasteiger partial charge is 0.129 e. The van der Waals surface area contributed by atoms with Gasteiger partial charge in [-0.2, -0.15) is 0 Å². The second-order valence-electron chi connectivity index (χ2n) is 5.17. The summed E-state index contributed by atoms with van der Waals surface area (Å²) in [6.07, 6.45) is 13.7. The molecule has 0 aliphatic carbocycles. The summed E-state index contributed by atoms with van der Waals surface area (Å²) in [6, 6.07) is 0. The Labute approximate surface area is 133 Å². The van der Waals surface area contributed by atoms with Gasteiger partial charge < -0.3 is 20.1 Å². The predicted octanol–water partition coefficient (Wildman–Crippen LogP) is 2.46. The van der Waals surface area contributed by atoms with Crippen LogP contribution in [0, 0.1) is 0 Å². The second kappa shape index (κ2) is 13.2. The molecule has 3 N–H and O–H groups in total. The highest BCUT2D eigenvalue weighted by atomic mass is 16.3. The van der Waals surface area contributed by atoms with Gasteiger partial charge in [0.25, 0.3) is 0 Å². The molecule has 0 aromatic carbocycles. The Kier molecular flexibility index (Phi) is 12.3. The lowest BCUT2D eigenvalue weighted by molar-refractivity contribution is -0.117. The lowest BCUT2D eigenvalue weighted by Gasteiger charge is -2.13. The van der Waals surface area contributed by atoms with Crippen molar-refractivity contribution in [2.75, 3.05) is 0 Å². The van der Waals surface area contributed by atoms with Gasteiger partial charge in [-0.25, -0.2) is 0 Å². The van der Waals surface area contributed by atoms with E-state index >= 15 is 0 Å². The number of aliphatic hydroxyl groups excluding tert-OH is 3. The van der Waals surface area contributed by atoms with E-state index in [1.54, 1.807) is 42.5 Å². The van der Waals surface area contributed by atoms with Gasteiger partial charge in [0.2, 0.25) is 0 Å². The number of ketones is 1. The van der Waals surface area contributed by atoms with Crippen LogP contribution in [0.3, 0.4) is 0 Å². The first-order valence-corrected chi connectivity index (χ1v) is 7.69. The van der Waals surface area contributed by atoms with Gasteiger partial charge in [0.1, 0.15) is 5.78 Å². The molecular weight excluding hydrogens is 280 g/mol. The number of Topliss-reactive ketones (excluding diaryl/α,β-unsaturated/α-hetero) is 1. The minimum Gasteiger partial charge on any atom is -0.390 e. The van der Waals surface area contributed by atoms with E-state index in [-0.39, 0.29) is 5.78 Å². The first-order chi connectivity index (χ1) is 10.5. The molecule has 4 heteroatoms. The molecule has 0 spiro atoms. The SMILES string of the molecule is CC[C@H](O)/C=C/C=C\C=C\C=C\[C@@H](O)[C@@H](O)CCCC(C)=O. The van der Waals surface area contributed by atoms with E-state index in [9.17, 15) is 20.1 Å². The summed E-state index contributed by atoms with van der Waals surface area (Å²) in [6.45, 7) is 3.42. The molecule has 0 aromatic rings. The highest BCUT2D eigenvalue weighted by Crippen LogP contribution is 2.06. The van der Waals surface area contributed by atoms with Crippen molar-refractivity contribution in [1.82, 2.24) is 0 Å². The Balaban J connectivity index is 3.99. The normalized spacial score (nSPS) is 17.0. The van der Waals surface area contributed by atoms with Gasteiger partial charge in [0.05, 0.1) is 18.3 Å². The van der Waals surface area contributed by atoms with Crippen molar-refractivity contribution in [3.63, 3.8) is 0 Å². The van der Waals surface area contributed by atoms with Gasteiger partial charge in [-0.1, -0.05) is 55.5 Å². The average molecular weight is 308 g/mol. The zero-order valence-corrected chi connectivity index (χ0v) is 13.4. The van der Waals surface area contributed by atoms with Gasteiger partial charge in [-0.15, -0.1) is 0 Å². The Bertz CT molecular complexity index is 407. The minimum absolute atomic E-state index is 0.0902. The topological polar surface area (TPSA) is 77.8 Å². The van der Waals surface area contributed by atoms with Crippen LogP contribution in [0.5, 0.6) is 0 Å². The van der Waals surface area contributed by atoms with Crippen LogP contribution in [0.1, 0.15) is 39.5 Å². The Hall–Kier alpha value is -1.49. The van der Waals surface area contributed by atoms with Crippen molar-refractivity contribution in [3.05, 3.63) is 48.6 Å². The number of allylic oxidation sites excluding steroid dienone is 6. The van der Waals surface area contributed by atoms with Crippen LogP contribution in [0.4, 0.5) is 0 Å². The van der Waals surface area contributed by atoms with Crippen LogP contribution in [0.15, 0.2) is 48.6 Å². The van der Waals surface area contributed by atoms with Crippen LogP contribution in [-0.4, -0.2) is 39.4 Å². The molecule has 0 saturated carbocycles. The van der Waals surface area contributed by atoms with Crippen molar-refractivity contribution in [3.8, 4) is 0 Å². The largest absolute Gasteiger partial charge is 0.390 e. The van der Waals surface area contributed by atoms with Gasteiger partial charge in [0, 0.05) is 6.42 Å². The van der Waals surface area contributed by atoms with E-state index < -0.39 is 18.3 Å². The zero-order valence-electron chi connectivity index (χ0n) is 13.4. The number of rotatable bonds is 11. The molecule has 0 amide bonds. The summed E-state index contributed by atoms with van der Waals surface area (Å²) in [4.78, 5) is 10.8. The number of hydrogen-bond donors (Lipinski definition) is 3. The number of carbonyl (C=O) groups is 1. The number of hydrogen-bond acceptors (Lipinski definition) is 4. The molecule has 0 aromatic heterocycles. The maximum absolute atomic E-state index is 10.8. The van der Waals surface area contributed by atoms with Gasteiger partial charge in [-0.3, -0.25) is 0 Å². The summed E-state index contributed by atoms with van der Waals surface area (Å²) in [5.74, 6) is 0.0902. The minimum atomic E-state index is -0.930. The fraction of sp³-hybridized carbons (Fsp3) is 0.500. The van der Waals surface area contributed by atoms with Crippen molar-refractivity contribution < 1.29 is 20.1 Å². The molecule has 0 heterocycles. The molecule has 0 aliphatic rings. The standard InChI is InChI=1S/C18H28O4/c1-3-16(20)12-8-6-4-5-7-9-13-17(21)18(22)14-10-11-15(2)19/h4-9,12-13,16-18,20-22H,3,10-11,14H2,1-2H3/b6-4-,7-5+,12-8+,13-9+/t16-,17+,18-/m0/s1. The van der Waals surface area contributed by atoms with Gasteiger partial charge in [0.15, 0.2) is 0 Å². The quantitative estimate of drug-likeness (QED) is 0.512.